The maximum Gasteiger partial charge on any atom is 0.252 e. The van der Waals surface area contributed by atoms with Gasteiger partial charge in [-0.05, 0) is 55.8 Å². The van der Waals surface area contributed by atoms with E-state index in [9.17, 15) is 4.79 Å². The number of alkyl halides is 1. The number of piperidine rings is 1. The van der Waals surface area contributed by atoms with Crippen molar-refractivity contribution in [1.82, 2.24) is 15.2 Å². The number of halogens is 3. The fourth-order valence-electron chi connectivity index (χ4n) is 4.28. The largest absolute Gasteiger partial charge is 0.355 e. The minimum Gasteiger partial charge on any atom is -0.355 e. The van der Waals surface area contributed by atoms with Gasteiger partial charge in [-0.3, -0.25) is 9.69 Å². The summed E-state index contributed by atoms with van der Waals surface area (Å²) in [7, 11) is 0. The zero-order chi connectivity index (χ0) is 19.3. The lowest BCUT2D eigenvalue weighted by atomic mass is 10.0. The quantitative estimate of drug-likeness (QED) is 0.471. The second kappa shape index (κ2) is 8.31. The molecule has 5 rings (SSSR count). The van der Waals surface area contributed by atoms with Gasteiger partial charge in [0.1, 0.15) is 0 Å². The van der Waals surface area contributed by atoms with Crippen molar-refractivity contribution in [2.45, 2.75) is 30.8 Å². The Bertz CT molecular complexity index is 1070. The van der Waals surface area contributed by atoms with Crippen molar-refractivity contribution in [3.63, 3.8) is 0 Å². The van der Waals surface area contributed by atoms with Gasteiger partial charge in [0.15, 0.2) is 0 Å². The highest BCUT2D eigenvalue weighted by atomic mass is 79.9. The molecule has 1 fully saturated rings. The Morgan fingerprint density at radius 2 is 1.93 bits per heavy atom. The maximum atomic E-state index is 12.3. The van der Waals surface area contributed by atoms with Crippen LogP contribution in [0.4, 0.5) is 0 Å². The molecule has 7 heteroatoms. The van der Waals surface area contributed by atoms with Crippen LogP contribution in [0.5, 0.6) is 0 Å². The summed E-state index contributed by atoms with van der Waals surface area (Å²) in [5.74, 6) is -0.0537. The molecule has 0 atom stereocenters. The molecule has 2 aromatic carbocycles. The van der Waals surface area contributed by atoms with E-state index in [-0.39, 0.29) is 18.3 Å². The fraction of sp³-hybridized carbons (Fsp3) is 0.318. The van der Waals surface area contributed by atoms with Gasteiger partial charge in [0, 0.05) is 50.7 Å². The summed E-state index contributed by atoms with van der Waals surface area (Å²) < 4.78 is 0. The second-order valence-corrected chi connectivity index (χ2v) is 9.39. The number of aromatic nitrogens is 1. The molecular formula is C22H22BrCl2N3O. The van der Waals surface area contributed by atoms with E-state index in [0.29, 0.717) is 22.0 Å². The Kier molecular flexibility index (Phi) is 5.94. The summed E-state index contributed by atoms with van der Waals surface area (Å²) in [6, 6.07) is 12.5. The number of hydrogen-bond acceptors (Lipinski definition) is 2. The van der Waals surface area contributed by atoms with Crippen LogP contribution in [-0.4, -0.2) is 33.7 Å². The topological polar surface area (TPSA) is 48.1 Å². The van der Waals surface area contributed by atoms with Gasteiger partial charge in [-0.1, -0.05) is 39.7 Å². The number of aromatic amines is 1. The number of fused-ring (bicyclic) bond motifs is 2. The molecule has 0 aliphatic carbocycles. The van der Waals surface area contributed by atoms with E-state index in [4.69, 9.17) is 11.6 Å². The Morgan fingerprint density at radius 3 is 2.72 bits per heavy atom. The Labute approximate surface area is 189 Å². The van der Waals surface area contributed by atoms with Crippen molar-refractivity contribution >= 4 is 56.7 Å². The number of nitrogens with zero attached hydrogens (tertiary/aromatic N) is 1. The number of H-pyrrole nitrogens is 1. The van der Waals surface area contributed by atoms with Gasteiger partial charge in [-0.2, -0.15) is 0 Å². The smallest absolute Gasteiger partial charge is 0.252 e. The molecule has 0 unspecified atom stereocenters. The molecule has 0 radical (unpaired) electrons. The molecule has 0 spiro atoms. The van der Waals surface area contributed by atoms with Crippen LogP contribution >= 0.6 is 39.9 Å². The number of likely N-dealkylation sites (tertiary alicyclic amines) is 1. The van der Waals surface area contributed by atoms with Gasteiger partial charge in [0.2, 0.25) is 0 Å². The fourth-order valence-corrected chi connectivity index (χ4v) is 4.91. The molecule has 29 heavy (non-hydrogen) atoms. The lowest BCUT2D eigenvalue weighted by Gasteiger charge is -2.29. The van der Waals surface area contributed by atoms with Crippen molar-refractivity contribution in [3.05, 3.63) is 58.1 Å². The summed E-state index contributed by atoms with van der Waals surface area (Å²) >= 11 is 10.0. The minimum atomic E-state index is -0.0537. The molecule has 0 bridgehead atoms. The van der Waals surface area contributed by atoms with Crippen molar-refractivity contribution in [2.75, 3.05) is 13.1 Å². The van der Waals surface area contributed by atoms with Crippen molar-refractivity contribution in [1.29, 1.82) is 0 Å². The van der Waals surface area contributed by atoms with Gasteiger partial charge in [-0.15, -0.1) is 12.4 Å². The highest BCUT2D eigenvalue weighted by Gasteiger charge is 2.26. The number of rotatable bonds is 3. The maximum absolute atomic E-state index is 12.3. The first-order valence-corrected chi connectivity index (χ1v) is 11.0. The van der Waals surface area contributed by atoms with E-state index >= 15 is 0 Å². The molecule has 2 N–H and O–H groups in total. The molecular weight excluding hydrogens is 473 g/mol. The van der Waals surface area contributed by atoms with Crippen molar-refractivity contribution in [2.24, 2.45) is 0 Å². The molecule has 0 saturated carbocycles. The molecule has 2 aliphatic rings. The van der Waals surface area contributed by atoms with Crippen LogP contribution in [0.2, 0.25) is 5.02 Å². The molecule has 2 aliphatic heterocycles. The van der Waals surface area contributed by atoms with E-state index in [2.05, 4.69) is 55.4 Å². The first-order valence-electron chi connectivity index (χ1n) is 9.66. The lowest BCUT2D eigenvalue weighted by molar-refractivity contribution is 0.0966. The molecule has 1 aromatic heterocycles. The number of carbonyl (C=O) groups excluding carboxylic acids is 1. The van der Waals surface area contributed by atoms with Gasteiger partial charge < -0.3 is 10.3 Å². The number of nitrogens with one attached hydrogen (secondary N) is 2. The standard InChI is InChI=1S/C22H21BrClN3O.ClH/c23-15-5-7-27(8-6-15)12-13-1-4-19-14(9-13)10-20(26-19)16-2-3-18(24)17-11-25-22(28)21(16)17;/h1-4,9-10,15,26H,5-8,11-12H2,(H,25,28);1H. The van der Waals surface area contributed by atoms with Crippen LogP contribution in [-0.2, 0) is 13.1 Å². The third-order valence-electron chi connectivity index (χ3n) is 5.81. The molecule has 3 aromatic rings. The normalized spacial score (nSPS) is 17.2. The third kappa shape index (κ3) is 3.93. The van der Waals surface area contributed by atoms with E-state index < -0.39 is 0 Å². The first kappa shape index (κ1) is 20.7. The number of hydrogen-bond donors (Lipinski definition) is 2. The molecule has 152 valence electrons. The van der Waals surface area contributed by atoms with E-state index in [1.807, 2.05) is 12.1 Å². The summed E-state index contributed by atoms with van der Waals surface area (Å²) in [4.78, 5) is 19.0. The highest BCUT2D eigenvalue weighted by molar-refractivity contribution is 9.09. The average molecular weight is 495 g/mol. The van der Waals surface area contributed by atoms with Crippen LogP contribution in [0.25, 0.3) is 22.2 Å². The molecule has 1 saturated heterocycles. The van der Waals surface area contributed by atoms with Gasteiger partial charge in [-0.25, -0.2) is 0 Å². The van der Waals surface area contributed by atoms with Gasteiger partial charge in [0.05, 0.1) is 5.56 Å². The summed E-state index contributed by atoms with van der Waals surface area (Å²) in [6.07, 6.45) is 2.42. The van der Waals surface area contributed by atoms with Crippen LogP contribution < -0.4 is 5.32 Å². The van der Waals surface area contributed by atoms with Crippen molar-refractivity contribution < 1.29 is 4.79 Å². The van der Waals surface area contributed by atoms with Crippen LogP contribution in [0.1, 0.15) is 34.3 Å². The van der Waals surface area contributed by atoms with Crippen LogP contribution in [0.3, 0.4) is 0 Å². The summed E-state index contributed by atoms with van der Waals surface area (Å²) in [6.45, 7) is 3.75. The summed E-state index contributed by atoms with van der Waals surface area (Å²) in [5.41, 5.74) is 5.85. The first-order chi connectivity index (χ1) is 13.6. The van der Waals surface area contributed by atoms with Crippen molar-refractivity contribution in [3.8, 4) is 11.3 Å². The van der Waals surface area contributed by atoms with Crippen LogP contribution in [0.15, 0.2) is 36.4 Å². The predicted molar refractivity (Wildman–Crippen MR) is 124 cm³/mol. The van der Waals surface area contributed by atoms with E-state index in [1.165, 1.54) is 23.8 Å². The predicted octanol–water partition coefficient (Wildman–Crippen LogP) is 5.51. The van der Waals surface area contributed by atoms with E-state index in [0.717, 1.165) is 42.0 Å². The lowest BCUT2D eigenvalue weighted by Crippen LogP contribution is -2.33. The van der Waals surface area contributed by atoms with Crippen LogP contribution in [0, 0.1) is 0 Å². The Balaban J connectivity index is 0.00000205. The zero-order valence-electron chi connectivity index (χ0n) is 15.8. The third-order valence-corrected chi connectivity index (χ3v) is 7.08. The number of amides is 1. The van der Waals surface area contributed by atoms with E-state index in [1.54, 1.807) is 0 Å². The Hall–Kier alpha value is -1.53. The minimum absolute atomic E-state index is 0. The number of benzene rings is 2. The Morgan fingerprint density at radius 1 is 1.14 bits per heavy atom. The van der Waals surface area contributed by atoms with Gasteiger partial charge in [0.25, 0.3) is 5.91 Å². The SMILES string of the molecule is Cl.O=C1NCc2c(Cl)ccc(-c3cc4cc(CN5CCC(Br)CC5)ccc4[nH]3)c21. The summed E-state index contributed by atoms with van der Waals surface area (Å²) in [5, 5.41) is 4.69. The number of carbonyl (C=O) groups is 1. The monoisotopic (exact) mass is 493 g/mol. The second-order valence-electron chi connectivity index (χ2n) is 7.69. The van der Waals surface area contributed by atoms with Gasteiger partial charge >= 0.3 is 0 Å². The zero-order valence-corrected chi connectivity index (χ0v) is 19.0. The molecule has 1 amide bonds. The highest BCUT2D eigenvalue weighted by Crippen LogP contribution is 2.35. The molecule has 4 nitrogen and oxygen atoms in total. The average Bonchev–Trinajstić information content (AvgIpc) is 3.28. The molecule has 3 heterocycles.